The van der Waals surface area contributed by atoms with Gasteiger partial charge in [-0.25, -0.2) is 17.5 Å². The Morgan fingerprint density at radius 3 is 2.16 bits per heavy atom. The van der Waals surface area contributed by atoms with E-state index in [2.05, 4.69) is 27.8 Å². The van der Waals surface area contributed by atoms with Crippen LogP contribution in [0.3, 0.4) is 0 Å². The van der Waals surface area contributed by atoms with Gasteiger partial charge >= 0.3 is 6.03 Å². The van der Waals surface area contributed by atoms with Gasteiger partial charge in [-0.2, -0.15) is 0 Å². The van der Waals surface area contributed by atoms with Crippen LogP contribution in [0.2, 0.25) is 0 Å². The summed E-state index contributed by atoms with van der Waals surface area (Å²) in [4.78, 5) is 67.9. The van der Waals surface area contributed by atoms with Crippen LogP contribution in [0.1, 0.15) is 68.2 Å². The van der Waals surface area contributed by atoms with E-state index in [0.29, 0.717) is 13.0 Å². The number of nitrogens with zero attached hydrogens (tertiary/aromatic N) is 2. The molecule has 14 heteroatoms. The quantitative estimate of drug-likeness (QED) is 0.152. The van der Waals surface area contributed by atoms with Gasteiger partial charge in [0.05, 0.1) is 12.3 Å². The van der Waals surface area contributed by atoms with Crippen LogP contribution in [0.5, 0.6) is 0 Å². The molecular weight excluding hydrogens is 600 g/mol. The number of likely N-dealkylation sites (tertiary alicyclic amines) is 1. The van der Waals surface area contributed by atoms with E-state index in [9.17, 15) is 32.4 Å². The lowest BCUT2D eigenvalue weighted by atomic mass is 9.85. The summed E-state index contributed by atoms with van der Waals surface area (Å²) in [6, 6.07) is -4.11. The van der Waals surface area contributed by atoms with Crippen molar-refractivity contribution in [3.63, 3.8) is 0 Å². The topological polar surface area (TPSA) is 174 Å². The molecule has 2 fully saturated rings. The summed E-state index contributed by atoms with van der Waals surface area (Å²) in [7, 11) is -2.03. The molecule has 0 aromatic heterocycles. The first-order chi connectivity index (χ1) is 20.6. The second-order valence-corrected chi connectivity index (χ2v) is 16.3. The van der Waals surface area contributed by atoms with Crippen LogP contribution in [0.25, 0.3) is 0 Å². The number of amides is 5. The fourth-order valence-electron chi connectivity index (χ4n) is 6.05. The molecule has 4 N–H and O–H groups in total. The molecule has 0 aromatic carbocycles. The third-order valence-electron chi connectivity index (χ3n) is 9.49. The Hall–Kier alpha value is -3.00. The molecular formula is C31H54N6O7S. The van der Waals surface area contributed by atoms with Crippen LogP contribution in [-0.4, -0.2) is 104 Å². The Bertz CT molecular complexity index is 1260. The van der Waals surface area contributed by atoms with Gasteiger partial charge < -0.3 is 26.2 Å². The fraction of sp³-hybridized carbons (Fsp3) is 0.774. The van der Waals surface area contributed by atoms with Crippen molar-refractivity contribution in [3.05, 3.63) is 12.7 Å². The number of nitrogens with one attached hydrogen (secondary N) is 4. The second kappa shape index (κ2) is 14.6. The number of urea groups is 1. The van der Waals surface area contributed by atoms with E-state index in [1.165, 1.54) is 22.3 Å². The summed E-state index contributed by atoms with van der Waals surface area (Å²) in [5, 5.41) is 10.8. The zero-order chi connectivity index (χ0) is 34.7. The maximum Gasteiger partial charge on any atom is 0.315 e. The zero-order valence-electron chi connectivity index (χ0n) is 28.5. The molecule has 5 amide bonds. The minimum Gasteiger partial charge on any atom is -0.346 e. The van der Waals surface area contributed by atoms with Crippen LogP contribution in [0, 0.1) is 28.6 Å². The van der Waals surface area contributed by atoms with Crippen molar-refractivity contribution >= 4 is 39.6 Å². The molecule has 256 valence electrons. The van der Waals surface area contributed by atoms with Crippen molar-refractivity contribution in [2.45, 2.75) is 92.4 Å². The molecule has 7 atom stereocenters. The molecule has 0 spiro atoms. The van der Waals surface area contributed by atoms with Gasteiger partial charge in [-0.3, -0.25) is 19.2 Å². The van der Waals surface area contributed by atoms with Gasteiger partial charge in [0.25, 0.3) is 5.91 Å². The van der Waals surface area contributed by atoms with Gasteiger partial charge in [-0.05, 0) is 35.0 Å². The smallest absolute Gasteiger partial charge is 0.315 e. The lowest BCUT2D eigenvalue weighted by Gasteiger charge is -2.38. The molecule has 0 bridgehead atoms. The van der Waals surface area contributed by atoms with E-state index in [0.717, 1.165) is 6.26 Å². The van der Waals surface area contributed by atoms with Gasteiger partial charge in [0.2, 0.25) is 27.6 Å². The Balaban J connectivity index is 2.30. The fourth-order valence-corrected chi connectivity index (χ4v) is 6.49. The number of Topliss-reactive ketones (excluding diaryl/α,β-unsaturated/α-hetero) is 1. The highest BCUT2D eigenvalue weighted by Crippen LogP contribution is 2.65. The number of hydrogen-bond donors (Lipinski definition) is 4. The van der Waals surface area contributed by atoms with Crippen molar-refractivity contribution in [2.24, 2.45) is 28.6 Å². The summed E-state index contributed by atoms with van der Waals surface area (Å²) in [6.45, 7) is 19.0. The Morgan fingerprint density at radius 2 is 1.67 bits per heavy atom. The summed E-state index contributed by atoms with van der Waals surface area (Å²) >= 11 is 0. The van der Waals surface area contributed by atoms with E-state index in [-0.39, 0.29) is 42.7 Å². The largest absolute Gasteiger partial charge is 0.346 e. The SMILES string of the molecule is C=CCNC(=O)C(=O)C(CC)NC(=O)[C@@H]1[C@@H]2[C@H](CN1C(=O)[C@@H](NC(=O)N[C@H](CN(C)S(C)(=O)=O)[C@@H](C)CC)C(C)(C)C)C2(C)C. The predicted molar refractivity (Wildman–Crippen MR) is 172 cm³/mol. The number of hydrogen-bond acceptors (Lipinski definition) is 7. The normalized spacial score (nSPS) is 23.2. The average molecular weight is 655 g/mol. The third-order valence-corrected chi connectivity index (χ3v) is 10.8. The maximum atomic E-state index is 14.2. The number of piperidine rings is 1. The summed E-state index contributed by atoms with van der Waals surface area (Å²) < 4.78 is 25.3. The van der Waals surface area contributed by atoms with E-state index in [1.807, 2.05) is 48.5 Å². The van der Waals surface area contributed by atoms with Crippen LogP contribution < -0.4 is 21.3 Å². The third kappa shape index (κ3) is 9.05. The van der Waals surface area contributed by atoms with Gasteiger partial charge in [0.15, 0.2) is 0 Å². The van der Waals surface area contributed by atoms with Crippen molar-refractivity contribution < 1.29 is 32.4 Å². The molecule has 2 aliphatic rings. The Kier molecular flexibility index (Phi) is 12.4. The lowest BCUT2D eigenvalue weighted by molar-refractivity contribution is -0.145. The maximum absolute atomic E-state index is 14.2. The minimum absolute atomic E-state index is 0.0552. The Labute approximate surface area is 268 Å². The number of ketones is 1. The number of fused-ring (bicyclic) bond motifs is 1. The molecule has 45 heavy (non-hydrogen) atoms. The molecule has 0 aromatic rings. The first-order valence-electron chi connectivity index (χ1n) is 15.6. The molecule has 1 saturated heterocycles. The van der Waals surface area contributed by atoms with E-state index < -0.39 is 69.1 Å². The first kappa shape index (κ1) is 38.2. The second-order valence-electron chi connectivity index (χ2n) is 14.2. The van der Waals surface area contributed by atoms with Crippen molar-refractivity contribution in [2.75, 3.05) is 32.9 Å². The molecule has 1 unspecified atom stereocenters. The van der Waals surface area contributed by atoms with Crippen LogP contribution >= 0.6 is 0 Å². The monoisotopic (exact) mass is 654 g/mol. The molecule has 1 aliphatic heterocycles. The van der Waals surface area contributed by atoms with Gasteiger partial charge in [0, 0.05) is 32.7 Å². The van der Waals surface area contributed by atoms with Crippen molar-refractivity contribution in [1.82, 2.24) is 30.5 Å². The molecule has 2 rings (SSSR count). The molecule has 1 heterocycles. The van der Waals surface area contributed by atoms with E-state index >= 15 is 0 Å². The van der Waals surface area contributed by atoms with E-state index in [1.54, 1.807) is 6.92 Å². The first-order valence-corrected chi connectivity index (χ1v) is 17.5. The van der Waals surface area contributed by atoms with Crippen LogP contribution in [0.15, 0.2) is 12.7 Å². The predicted octanol–water partition coefficient (Wildman–Crippen LogP) is 1.26. The van der Waals surface area contributed by atoms with Gasteiger partial charge in [-0.15, -0.1) is 6.58 Å². The highest BCUT2D eigenvalue weighted by atomic mass is 32.2. The summed E-state index contributed by atoms with van der Waals surface area (Å²) in [5.74, 6) is -2.71. The molecule has 13 nitrogen and oxygen atoms in total. The molecule has 0 radical (unpaired) electrons. The highest BCUT2D eigenvalue weighted by Gasteiger charge is 2.69. The molecule has 1 aliphatic carbocycles. The number of carbonyl (C=O) groups excluding carboxylic acids is 5. The lowest BCUT2D eigenvalue weighted by Crippen LogP contribution is -2.62. The number of rotatable bonds is 15. The van der Waals surface area contributed by atoms with Gasteiger partial charge in [-0.1, -0.05) is 67.9 Å². The Morgan fingerprint density at radius 1 is 1.07 bits per heavy atom. The average Bonchev–Trinajstić information content (AvgIpc) is 3.26. The van der Waals surface area contributed by atoms with Crippen molar-refractivity contribution in [1.29, 1.82) is 0 Å². The standard InChI is InChI=1S/C31H54N6O7S/c1-12-15-32-27(40)24(38)20(14-3)33-26(39)23-22-19(31(22,8)9)16-37(23)28(41)25(30(5,6)7)35-29(42)34-21(18(4)13-2)17-36(10)45(11,43)44/h12,18-23,25H,1,13-17H2,2-11H3,(H,32,40)(H,33,39)(H2,34,35,42)/t18-,19-,20?,21+,22-,23-,25+/m0/s1. The van der Waals surface area contributed by atoms with Crippen LogP contribution in [0.4, 0.5) is 4.79 Å². The number of likely N-dealkylation sites (N-methyl/N-ethyl adjacent to an activating group) is 1. The number of sulfonamides is 1. The number of carbonyl (C=O) groups is 5. The van der Waals surface area contributed by atoms with Gasteiger partial charge in [0.1, 0.15) is 12.1 Å². The van der Waals surface area contributed by atoms with E-state index in [4.69, 9.17) is 0 Å². The zero-order valence-corrected chi connectivity index (χ0v) is 29.3. The minimum atomic E-state index is -3.48. The van der Waals surface area contributed by atoms with Crippen LogP contribution in [-0.2, 0) is 29.2 Å². The van der Waals surface area contributed by atoms with Crippen molar-refractivity contribution in [3.8, 4) is 0 Å². The summed E-state index contributed by atoms with van der Waals surface area (Å²) in [5.41, 5.74) is -0.957. The molecule has 1 saturated carbocycles. The highest BCUT2D eigenvalue weighted by molar-refractivity contribution is 7.88. The summed E-state index contributed by atoms with van der Waals surface area (Å²) in [6.07, 6.45) is 3.41.